The molecule has 2 unspecified atom stereocenters. The van der Waals surface area contributed by atoms with Gasteiger partial charge in [0.05, 0.1) is 0 Å². The van der Waals surface area contributed by atoms with Crippen molar-refractivity contribution in [2.45, 2.75) is 13.3 Å². The Morgan fingerprint density at radius 2 is 2.00 bits per heavy atom. The maximum atomic E-state index is 6.00. The number of rotatable bonds is 5. The van der Waals surface area contributed by atoms with Gasteiger partial charge in [0.15, 0.2) is 0 Å². The molecule has 0 saturated carbocycles. The summed E-state index contributed by atoms with van der Waals surface area (Å²) in [6.07, 6.45) is 1.35. The number of nitrogens with two attached hydrogens (primary N) is 1. The average Bonchev–Trinajstić information content (AvgIpc) is 2.86. The zero-order valence-electron chi connectivity index (χ0n) is 11.2. The molecule has 2 aliphatic heterocycles. The summed E-state index contributed by atoms with van der Waals surface area (Å²) >= 11 is 0. The molecule has 0 aromatic carbocycles. The smallest absolute Gasteiger partial charge is 0.0107 e. The second kappa shape index (κ2) is 6.69. The Kier molecular flexibility index (Phi) is 5.22. The van der Waals surface area contributed by atoms with Gasteiger partial charge in [0.2, 0.25) is 0 Å². The lowest BCUT2D eigenvalue weighted by molar-refractivity contribution is 0.174. The quantitative estimate of drug-likeness (QED) is 0.699. The minimum atomic E-state index is 0.699. The highest BCUT2D eigenvalue weighted by Gasteiger charge is 2.29. The second-order valence-corrected chi connectivity index (χ2v) is 5.49. The van der Waals surface area contributed by atoms with Crippen molar-refractivity contribution in [1.29, 1.82) is 0 Å². The predicted octanol–water partition coefficient (Wildman–Crippen LogP) is -0.192. The molecule has 2 atom stereocenters. The molecule has 0 aliphatic carbocycles. The summed E-state index contributed by atoms with van der Waals surface area (Å²) in [5.74, 6) is 1.53. The number of nitrogens with zero attached hydrogens (tertiary/aromatic N) is 2. The molecule has 100 valence electrons. The fraction of sp³-hybridized carbons (Fsp3) is 1.00. The highest BCUT2D eigenvalue weighted by molar-refractivity contribution is 4.83. The van der Waals surface area contributed by atoms with Crippen molar-refractivity contribution >= 4 is 0 Å². The Hall–Kier alpha value is -0.160. The van der Waals surface area contributed by atoms with E-state index in [1.54, 1.807) is 0 Å². The molecule has 2 saturated heterocycles. The van der Waals surface area contributed by atoms with E-state index in [2.05, 4.69) is 22.0 Å². The van der Waals surface area contributed by atoms with E-state index in [1.165, 1.54) is 45.7 Å². The maximum absolute atomic E-state index is 6.00. The summed E-state index contributed by atoms with van der Waals surface area (Å²) in [6, 6.07) is 0. The normalized spacial score (nSPS) is 29.6. The molecule has 2 aliphatic rings. The van der Waals surface area contributed by atoms with Gasteiger partial charge in [0.1, 0.15) is 0 Å². The van der Waals surface area contributed by atoms with Gasteiger partial charge in [-0.05, 0) is 37.9 Å². The van der Waals surface area contributed by atoms with Gasteiger partial charge in [-0.15, -0.1) is 0 Å². The molecular weight excluding hydrogens is 212 g/mol. The predicted molar refractivity (Wildman–Crippen MR) is 72.1 cm³/mol. The van der Waals surface area contributed by atoms with E-state index in [-0.39, 0.29) is 0 Å². The molecule has 4 heteroatoms. The lowest BCUT2D eigenvalue weighted by Gasteiger charge is -2.32. The van der Waals surface area contributed by atoms with E-state index in [4.69, 9.17) is 5.73 Å². The van der Waals surface area contributed by atoms with E-state index < -0.39 is 0 Å². The Morgan fingerprint density at radius 1 is 1.24 bits per heavy atom. The molecule has 0 amide bonds. The van der Waals surface area contributed by atoms with E-state index in [0.717, 1.165) is 25.6 Å². The van der Waals surface area contributed by atoms with Crippen LogP contribution in [0.15, 0.2) is 0 Å². The van der Waals surface area contributed by atoms with Gasteiger partial charge in [-0.3, -0.25) is 0 Å². The molecule has 17 heavy (non-hydrogen) atoms. The molecular formula is C13H28N4. The van der Waals surface area contributed by atoms with Crippen molar-refractivity contribution in [2.75, 3.05) is 58.9 Å². The first-order valence-corrected chi connectivity index (χ1v) is 7.19. The SMILES string of the molecule is CCN1CCC(C(CN)CN2CCNCC2)C1. The highest BCUT2D eigenvalue weighted by atomic mass is 15.2. The van der Waals surface area contributed by atoms with Crippen molar-refractivity contribution in [2.24, 2.45) is 17.6 Å². The van der Waals surface area contributed by atoms with Gasteiger partial charge >= 0.3 is 0 Å². The van der Waals surface area contributed by atoms with E-state index >= 15 is 0 Å². The third-order valence-corrected chi connectivity index (χ3v) is 4.43. The zero-order chi connectivity index (χ0) is 12.1. The van der Waals surface area contributed by atoms with Crippen LogP contribution >= 0.6 is 0 Å². The van der Waals surface area contributed by atoms with E-state index in [9.17, 15) is 0 Å². The largest absolute Gasteiger partial charge is 0.330 e. The fourth-order valence-electron chi connectivity index (χ4n) is 3.18. The van der Waals surface area contributed by atoms with Crippen molar-refractivity contribution in [3.8, 4) is 0 Å². The summed E-state index contributed by atoms with van der Waals surface area (Å²) in [4.78, 5) is 5.15. The van der Waals surface area contributed by atoms with Gasteiger partial charge in [-0.1, -0.05) is 6.92 Å². The third kappa shape index (κ3) is 3.65. The number of piperazine rings is 1. The van der Waals surface area contributed by atoms with Crippen LogP contribution in [0.1, 0.15) is 13.3 Å². The molecule has 2 fully saturated rings. The molecule has 0 aromatic heterocycles. The number of hydrogen-bond acceptors (Lipinski definition) is 4. The lowest BCUT2D eigenvalue weighted by atomic mass is 9.91. The molecule has 3 N–H and O–H groups in total. The number of hydrogen-bond donors (Lipinski definition) is 2. The molecule has 0 bridgehead atoms. The van der Waals surface area contributed by atoms with Gasteiger partial charge in [0, 0.05) is 39.3 Å². The molecule has 0 aromatic rings. The van der Waals surface area contributed by atoms with Crippen LogP contribution in [0.25, 0.3) is 0 Å². The van der Waals surface area contributed by atoms with Crippen molar-refractivity contribution in [3.63, 3.8) is 0 Å². The first kappa shape index (κ1) is 13.3. The number of nitrogens with one attached hydrogen (secondary N) is 1. The van der Waals surface area contributed by atoms with Crippen molar-refractivity contribution in [1.82, 2.24) is 15.1 Å². The fourth-order valence-corrected chi connectivity index (χ4v) is 3.18. The molecule has 2 heterocycles. The molecule has 2 rings (SSSR count). The van der Waals surface area contributed by atoms with E-state index in [0.29, 0.717) is 5.92 Å². The maximum Gasteiger partial charge on any atom is 0.0107 e. The molecule has 0 spiro atoms. The average molecular weight is 240 g/mol. The van der Waals surface area contributed by atoms with Crippen LogP contribution in [0.5, 0.6) is 0 Å². The number of likely N-dealkylation sites (tertiary alicyclic amines) is 1. The van der Waals surface area contributed by atoms with Gasteiger partial charge < -0.3 is 20.9 Å². The summed E-state index contributed by atoms with van der Waals surface area (Å²) in [5, 5.41) is 3.41. The minimum Gasteiger partial charge on any atom is -0.330 e. The van der Waals surface area contributed by atoms with Crippen LogP contribution in [0, 0.1) is 11.8 Å². The first-order chi connectivity index (χ1) is 8.33. The Labute approximate surface area is 106 Å². The molecule has 0 radical (unpaired) electrons. The standard InChI is InChI=1S/C13H28N4/c1-2-16-6-3-12(10-16)13(9-14)11-17-7-4-15-5-8-17/h12-13,15H,2-11,14H2,1H3. The summed E-state index contributed by atoms with van der Waals surface area (Å²) < 4.78 is 0. The van der Waals surface area contributed by atoms with Crippen molar-refractivity contribution in [3.05, 3.63) is 0 Å². The van der Waals surface area contributed by atoms with Gasteiger partial charge in [-0.2, -0.15) is 0 Å². The van der Waals surface area contributed by atoms with Crippen molar-refractivity contribution < 1.29 is 0 Å². The Bertz CT molecular complexity index is 215. The van der Waals surface area contributed by atoms with Gasteiger partial charge in [-0.25, -0.2) is 0 Å². The van der Waals surface area contributed by atoms with Crippen LogP contribution in [0.2, 0.25) is 0 Å². The van der Waals surface area contributed by atoms with Crippen LogP contribution in [0.4, 0.5) is 0 Å². The molecule has 4 nitrogen and oxygen atoms in total. The lowest BCUT2D eigenvalue weighted by Crippen LogP contribution is -2.47. The van der Waals surface area contributed by atoms with Crippen LogP contribution < -0.4 is 11.1 Å². The highest BCUT2D eigenvalue weighted by Crippen LogP contribution is 2.24. The first-order valence-electron chi connectivity index (χ1n) is 7.19. The Morgan fingerprint density at radius 3 is 2.59 bits per heavy atom. The van der Waals surface area contributed by atoms with Crippen LogP contribution in [-0.2, 0) is 0 Å². The topological polar surface area (TPSA) is 44.5 Å². The van der Waals surface area contributed by atoms with Crippen LogP contribution in [0.3, 0.4) is 0 Å². The monoisotopic (exact) mass is 240 g/mol. The zero-order valence-corrected chi connectivity index (χ0v) is 11.2. The summed E-state index contributed by atoms with van der Waals surface area (Å²) in [6.45, 7) is 12.7. The van der Waals surface area contributed by atoms with Gasteiger partial charge in [0.25, 0.3) is 0 Å². The summed E-state index contributed by atoms with van der Waals surface area (Å²) in [7, 11) is 0. The van der Waals surface area contributed by atoms with E-state index in [1.807, 2.05) is 0 Å². The third-order valence-electron chi connectivity index (χ3n) is 4.43. The van der Waals surface area contributed by atoms with Crippen LogP contribution in [-0.4, -0.2) is 68.7 Å². The Balaban J connectivity index is 1.79. The summed E-state index contributed by atoms with van der Waals surface area (Å²) in [5.41, 5.74) is 6.00. The second-order valence-electron chi connectivity index (χ2n) is 5.49. The minimum absolute atomic E-state index is 0.699.